The van der Waals surface area contributed by atoms with Gasteiger partial charge in [-0.3, -0.25) is 0 Å². The van der Waals surface area contributed by atoms with Crippen molar-refractivity contribution in [2.75, 3.05) is 12.8 Å². The van der Waals surface area contributed by atoms with Crippen molar-refractivity contribution in [2.45, 2.75) is 6.54 Å². The second kappa shape index (κ2) is 5.29. The second-order valence-corrected chi connectivity index (χ2v) is 6.45. The normalized spacial score (nSPS) is 11.6. The lowest BCUT2D eigenvalue weighted by Crippen LogP contribution is -2.04. The van der Waals surface area contributed by atoms with Gasteiger partial charge in [-0.15, -0.1) is 11.3 Å². The molecule has 0 aliphatic carbocycles. The Balaban J connectivity index is 1.94. The molecule has 0 radical (unpaired) electrons. The Hall–Kier alpha value is -2.51. The first-order chi connectivity index (χ1) is 11.2. The molecule has 3 heterocycles. The van der Waals surface area contributed by atoms with Crippen LogP contribution in [0.25, 0.3) is 32.0 Å². The van der Waals surface area contributed by atoms with Gasteiger partial charge >= 0.3 is 0 Å². The van der Waals surface area contributed by atoms with Gasteiger partial charge in [-0.2, -0.15) is 0 Å². The van der Waals surface area contributed by atoms with Gasteiger partial charge in [-0.1, -0.05) is 18.2 Å². The number of aromatic nitrogens is 4. The van der Waals surface area contributed by atoms with Gasteiger partial charge in [0, 0.05) is 19.2 Å². The number of fused-ring (bicyclic) bond motifs is 3. The Bertz CT molecular complexity index is 1020. The number of benzene rings is 1. The first-order valence-corrected chi connectivity index (χ1v) is 8.10. The molecule has 0 atom stereocenters. The highest BCUT2D eigenvalue weighted by Crippen LogP contribution is 2.35. The number of nitrogens with one attached hydrogen (secondary N) is 1. The Morgan fingerprint density at radius 3 is 3.00 bits per heavy atom. The highest BCUT2D eigenvalue weighted by Gasteiger charge is 2.16. The number of hydrogen-bond acceptors (Lipinski definition) is 6. The smallest absolute Gasteiger partial charge is 0.175 e. The van der Waals surface area contributed by atoms with Gasteiger partial charge < -0.3 is 15.6 Å². The van der Waals surface area contributed by atoms with Crippen LogP contribution in [0.3, 0.4) is 0 Å². The number of nitrogens with two attached hydrogens (primary N) is 1. The quantitative estimate of drug-likeness (QED) is 0.605. The van der Waals surface area contributed by atoms with E-state index in [0.717, 1.165) is 32.8 Å². The van der Waals surface area contributed by atoms with Gasteiger partial charge in [0.05, 0.1) is 11.8 Å². The molecule has 0 unspecified atom stereocenters. The van der Waals surface area contributed by atoms with Crippen molar-refractivity contribution < 1.29 is 0 Å². The monoisotopic (exact) mass is 324 g/mol. The first kappa shape index (κ1) is 14.1. The van der Waals surface area contributed by atoms with E-state index in [2.05, 4.69) is 44.5 Å². The number of imidazole rings is 1. The fraction of sp³-hybridized carbons (Fsp3) is 0.188. The Kier molecular flexibility index (Phi) is 3.24. The number of pyridine rings is 1. The lowest BCUT2D eigenvalue weighted by molar-refractivity contribution is 0.818. The van der Waals surface area contributed by atoms with Gasteiger partial charge in [0.15, 0.2) is 11.5 Å². The van der Waals surface area contributed by atoms with Gasteiger partial charge in [0.25, 0.3) is 0 Å². The zero-order chi connectivity index (χ0) is 16.0. The lowest BCUT2D eigenvalue weighted by Gasteiger charge is -2.01. The minimum Gasteiger partial charge on any atom is -0.382 e. The molecule has 3 N–H and O–H groups in total. The predicted molar refractivity (Wildman–Crippen MR) is 94.3 cm³/mol. The van der Waals surface area contributed by atoms with Crippen LogP contribution < -0.4 is 11.1 Å². The van der Waals surface area contributed by atoms with Gasteiger partial charge in [0.1, 0.15) is 15.2 Å². The number of anilines is 1. The van der Waals surface area contributed by atoms with E-state index >= 15 is 0 Å². The maximum absolute atomic E-state index is 6.02. The molecule has 1 aromatic carbocycles. The van der Waals surface area contributed by atoms with E-state index in [1.165, 1.54) is 5.56 Å². The van der Waals surface area contributed by atoms with Crippen LogP contribution in [0, 0.1) is 0 Å². The maximum atomic E-state index is 6.02. The number of thiazole rings is 1. The number of rotatable bonds is 3. The van der Waals surface area contributed by atoms with Crippen molar-refractivity contribution in [2.24, 2.45) is 7.05 Å². The van der Waals surface area contributed by atoms with Crippen LogP contribution in [0.5, 0.6) is 0 Å². The van der Waals surface area contributed by atoms with E-state index in [9.17, 15) is 0 Å². The van der Waals surface area contributed by atoms with Crippen LogP contribution in [-0.2, 0) is 13.6 Å². The summed E-state index contributed by atoms with van der Waals surface area (Å²) >= 11 is 1.62. The average Bonchev–Trinajstić information content (AvgIpc) is 3.12. The number of nitrogen functional groups attached to an aromatic ring is 1. The van der Waals surface area contributed by atoms with Crippen LogP contribution in [0.4, 0.5) is 5.82 Å². The fourth-order valence-electron chi connectivity index (χ4n) is 2.74. The molecule has 0 bridgehead atoms. The summed E-state index contributed by atoms with van der Waals surface area (Å²) < 4.78 is 2.98. The minimum absolute atomic E-state index is 0.425. The summed E-state index contributed by atoms with van der Waals surface area (Å²) in [5, 5.41) is 4.11. The van der Waals surface area contributed by atoms with E-state index < -0.39 is 0 Å². The SMILES string of the molecule is CNCc1cccc(-c2nc3nc(N)c4ncn(C)c4c3s2)c1. The summed E-state index contributed by atoms with van der Waals surface area (Å²) in [6.45, 7) is 0.829. The minimum atomic E-state index is 0.425. The lowest BCUT2D eigenvalue weighted by atomic mass is 10.1. The molecule has 7 heteroatoms. The molecule has 0 aliphatic heterocycles. The summed E-state index contributed by atoms with van der Waals surface area (Å²) in [5.41, 5.74) is 10.7. The zero-order valence-corrected chi connectivity index (χ0v) is 13.7. The van der Waals surface area contributed by atoms with Crippen LogP contribution in [0.2, 0.25) is 0 Å². The van der Waals surface area contributed by atoms with Gasteiger partial charge in [0.2, 0.25) is 0 Å². The van der Waals surface area contributed by atoms with E-state index in [4.69, 9.17) is 5.73 Å². The predicted octanol–water partition coefficient (Wildman–Crippen LogP) is 2.55. The molecule has 0 amide bonds. The highest BCUT2D eigenvalue weighted by atomic mass is 32.1. The van der Waals surface area contributed by atoms with Crippen LogP contribution in [0.1, 0.15) is 5.56 Å². The van der Waals surface area contributed by atoms with Gasteiger partial charge in [-0.05, 0) is 18.7 Å². The molecule has 0 spiro atoms. The van der Waals surface area contributed by atoms with Crippen LogP contribution >= 0.6 is 11.3 Å². The molecule has 116 valence electrons. The first-order valence-electron chi connectivity index (χ1n) is 7.28. The third kappa shape index (κ3) is 2.25. The topological polar surface area (TPSA) is 81.7 Å². The summed E-state index contributed by atoms with van der Waals surface area (Å²) in [6, 6.07) is 8.37. The van der Waals surface area contributed by atoms with Crippen molar-refractivity contribution in [3.8, 4) is 10.6 Å². The molecule has 4 aromatic rings. The van der Waals surface area contributed by atoms with E-state index in [1.54, 1.807) is 17.7 Å². The van der Waals surface area contributed by atoms with Crippen molar-refractivity contribution >= 4 is 38.5 Å². The standard InChI is InChI=1S/C16H16N6S/c1-18-7-9-4-3-5-10(6-9)16-21-15-13(23-16)12-11(14(17)20-15)19-8-22(12)2/h3-6,8,18H,7H2,1-2H3,(H2,17,20). The van der Waals surface area contributed by atoms with Crippen LogP contribution in [0.15, 0.2) is 30.6 Å². The average molecular weight is 324 g/mol. The molecular weight excluding hydrogens is 308 g/mol. The Labute approximate surface area is 137 Å². The fourth-order valence-corrected chi connectivity index (χ4v) is 3.83. The van der Waals surface area contributed by atoms with E-state index in [0.29, 0.717) is 11.5 Å². The summed E-state index contributed by atoms with van der Waals surface area (Å²) in [4.78, 5) is 13.4. The second-order valence-electron chi connectivity index (χ2n) is 5.45. The Morgan fingerprint density at radius 2 is 2.17 bits per heavy atom. The largest absolute Gasteiger partial charge is 0.382 e. The number of aryl methyl sites for hydroxylation is 1. The number of hydrogen-bond donors (Lipinski definition) is 2. The molecule has 0 saturated carbocycles. The van der Waals surface area contributed by atoms with Gasteiger partial charge in [-0.25, -0.2) is 15.0 Å². The summed E-state index contributed by atoms with van der Waals surface area (Å²) in [6.07, 6.45) is 1.76. The molecule has 0 saturated heterocycles. The van der Waals surface area contributed by atoms with E-state index in [-0.39, 0.29) is 0 Å². The van der Waals surface area contributed by atoms with E-state index in [1.807, 2.05) is 18.7 Å². The number of nitrogens with zero attached hydrogens (tertiary/aromatic N) is 4. The molecule has 0 fully saturated rings. The highest BCUT2D eigenvalue weighted by molar-refractivity contribution is 7.22. The summed E-state index contributed by atoms with van der Waals surface area (Å²) in [5.74, 6) is 0.425. The molecular formula is C16H16N6S. The summed E-state index contributed by atoms with van der Waals surface area (Å²) in [7, 11) is 3.90. The molecule has 23 heavy (non-hydrogen) atoms. The van der Waals surface area contributed by atoms with Crippen LogP contribution in [-0.4, -0.2) is 26.6 Å². The molecule has 4 rings (SSSR count). The van der Waals surface area contributed by atoms with Crippen molar-refractivity contribution in [1.82, 2.24) is 24.8 Å². The zero-order valence-electron chi connectivity index (χ0n) is 12.9. The van der Waals surface area contributed by atoms with Crippen molar-refractivity contribution in [3.05, 3.63) is 36.2 Å². The Morgan fingerprint density at radius 1 is 1.30 bits per heavy atom. The molecule has 3 aromatic heterocycles. The molecule has 6 nitrogen and oxygen atoms in total. The van der Waals surface area contributed by atoms with Crippen molar-refractivity contribution in [3.63, 3.8) is 0 Å². The third-order valence-corrected chi connectivity index (χ3v) is 4.89. The third-order valence-electron chi connectivity index (χ3n) is 3.79. The van der Waals surface area contributed by atoms with Crippen molar-refractivity contribution in [1.29, 1.82) is 0 Å². The maximum Gasteiger partial charge on any atom is 0.175 e. The molecule has 0 aliphatic rings.